The third-order valence-electron chi connectivity index (χ3n) is 1.86. The highest BCUT2D eigenvalue weighted by atomic mass is 32.2. The van der Waals surface area contributed by atoms with Gasteiger partial charge in [-0.3, -0.25) is 0 Å². The molecule has 15 heavy (non-hydrogen) atoms. The fourth-order valence-electron chi connectivity index (χ4n) is 1.05. The lowest BCUT2D eigenvalue weighted by Crippen LogP contribution is -2.07. The number of anilines is 2. The molecule has 80 valence electrons. The molecule has 1 heterocycles. The van der Waals surface area contributed by atoms with Gasteiger partial charge < -0.3 is 11.1 Å². The summed E-state index contributed by atoms with van der Waals surface area (Å²) in [5.74, 6) is 5.19. The van der Waals surface area contributed by atoms with Crippen molar-refractivity contribution in [1.29, 1.82) is 0 Å². The maximum absolute atomic E-state index is 5.67. The fourth-order valence-corrected chi connectivity index (χ4v) is 1.56. The monoisotopic (exact) mass is 221 g/mol. The number of nitrogen functional groups attached to an aromatic ring is 1. The molecular formula is C11H15N3S. The van der Waals surface area contributed by atoms with E-state index in [-0.39, 0.29) is 0 Å². The Labute approximate surface area is 94.9 Å². The van der Waals surface area contributed by atoms with E-state index in [9.17, 15) is 0 Å². The summed E-state index contributed by atoms with van der Waals surface area (Å²) in [5.41, 5.74) is 7.25. The molecule has 0 saturated heterocycles. The number of hydrogen-bond donors (Lipinski definition) is 2. The molecule has 0 saturated carbocycles. The Morgan fingerprint density at radius 3 is 3.07 bits per heavy atom. The van der Waals surface area contributed by atoms with E-state index in [1.165, 1.54) is 0 Å². The van der Waals surface area contributed by atoms with Gasteiger partial charge in [0.05, 0.1) is 17.1 Å². The smallest absolute Gasteiger partial charge is 0.126 e. The Morgan fingerprint density at radius 2 is 2.40 bits per heavy atom. The second-order valence-electron chi connectivity index (χ2n) is 3.05. The zero-order chi connectivity index (χ0) is 11.1. The van der Waals surface area contributed by atoms with Gasteiger partial charge in [0.2, 0.25) is 0 Å². The van der Waals surface area contributed by atoms with E-state index in [1.54, 1.807) is 11.8 Å². The molecule has 3 nitrogen and oxygen atoms in total. The highest BCUT2D eigenvalue weighted by Crippen LogP contribution is 2.11. The summed E-state index contributed by atoms with van der Waals surface area (Å²) in [6, 6.07) is 3.74. The van der Waals surface area contributed by atoms with Gasteiger partial charge in [-0.05, 0) is 19.1 Å². The van der Waals surface area contributed by atoms with E-state index in [0.717, 1.165) is 35.2 Å². The lowest BCUT2D eigenvalue weighted by atomic mass is 10.3. The van der Waals surface area contributed by atoms with Crippen molar-refractivity contribution in [3.63, 3.8) is 0 Å². The molecule has 0 spiro atoms. The van der Waals surface area contributed by atoms with Crippen LogP contribution in [0.25, 0.3) is 0 Å². The zero-order valence-electron chi connectivity index (χ0n) is 8.79. The molecule has 0 fully saturated rings. The van der Waals surface area contributed by atoms with Gasteiger partial charge in [-0.2, -0.15) is 0 Å². The normalized spacial score (nSPS) is 9.60. The lowest BCUT2D eigenvalue weighted by molar-refractivity contribution is 1.13. The molecule has 3 N–H and O–H groups in total. The topological polar surface area (TPSA) is 50.9 Å². The molecule has 4 heteroatoms. The Balaban J connectivity index is 2.32. The van der Waals surface area contributed by atoms with Gasteiger partial charge in [-0.25, -0.2) is 4.98 Å². The van der Waals surface area contributed by atoms with Crippen LogP contribution in [0.5, 0.6) is 0 Å². The van der Waals surface area contributed by atoms with Crippen molar-refractivity contribution >= 4 is 23.3 Å². The first kappa shape index (κ1) is 11.7. The minimum atomic E-state index is 0.724. The zero-order valence-corrected chi connectivity index (χ0v) is 9.60. The molecule has 1 aromatic rings. The van der Waals surface area contributed by atoms with Gasteiger partial charge in [0.25, 0.3) is 0 Å². The van der Waals surface area contributed by atoms with Gasteiger partial charge in [-0.1, -0.05) is 5.92 Å². The molecule has 0 aliphatic heterocycles. The van der Waals surface area contributed by atoms with Crippen LogP contribution in [0.15, 0.2) is 12.1 Å². The number of nitrogens with zero attached hydrogens (tertiary/aromatic N) is 1. The summed E-state index contributed by atoms with van der Waals surface area (Å²) in [5, 5.41) is 3.22. The predicted octanol–water partition coefficient (Wildman–Crippen LogP) is 1.75. The largest absolute Gasteiger partial charge is 0.397 e. The van der Waals surface area contributed by atoms with Crippen LogP contribution >= 0.6 is 11.8 Å². The molecule has 1 aromatic heterocycles. The number of rotatable bonds is 5. The van der Waals surface area contributed by atoms with E-state index in [0.29, 0.717) is 0 Å². The van der Waals surface area contributed by atoms with Crippen molar-refractivity contribution < 1.29 is 0 Å². The highest BCUT2D eigenvalue weighted by molar-refractivity contribution is 7.99. The van der Waals surface area contributed by atoms with E-state index in [4.69, 9.17) is 12.2 Å². The maximum atomic E-state index is 5.67. The van der Waals surface area contributed by atoms with Crippen LogP contribution in [0.2, 0.25) is 0 Å². The molecular weight excluding hydrogens is 206 g/mol. The summed E-state index contributed by atoms with van der Waals surface area (Å²) in [6.07, 6.45) is 5.14. The Morgan fingerprint density at radius 1 is 1.60 bits per heavy atom. The molecule has 0 aliphatic carbocycles. The number of aromatic nitrogens is 1. The van der Waals surface area contributed by atoms with Crippen LogP contribution < -0.4 is 11.1 Å². The van der Waals surface area contributed by atoms with Crippen molar-refractivity contribution in [2.75, 3.05) is 29.1 Å². The maximum Gasteiger partial charge on any atom is 0.126 e. The first-order valence-electron chi connectivity index (χ1n) is 4.72. The van der Waals surface area contributed by atoms with Crippen molar-refractivity contribution in [1.82, 2.24) is 4.98 Å². The van der Waals surface area contributed by atoms with Crippen molar-refractivity contribution in [2.24, 2.45) is 0 Å². The second-order valence-corrected chi connectivity index (χ2v) is 4.16. The number of thioether (sulfide) groups is 1. The molecule has 0 aromatic carbocycles. The highest BCUT2D eigenvalue weighted by Gasteiger charge is 1.97. The lowest BCUT2D eigenvalue weighted by Gasteiger charge is -2.06. The quantitative estimate of drug-likeness (QED) is 0.587. The number of nitrogens with two attached hydrogens (primary N) is 1. The summed E-state index contributed by atoms with van der Waals surface area (Å²) < 4.78 is 0. The van der Waals surface area contributed by atoms with Crippen LogP contribution in [0, 0.1) is 19.3 Å². The van der Waals surface area contributed by atoms with E-state index >= 15 is 0 Å². The Hall–Kier alpha value is -1.34. The van der Waals surface area contributed by atoms with E-state index < -0.39 is 0 Å². The van der Waals surface area contributed by atoms with Crippen molar-refractivity contribution in [2.45, 2.75) is 6.92 Å². The number of hydrogen-bond acceptors (Lipinski definition) is 4. The van der Waals surface area contributed by atoms with Crippen molar-refractivity contribution in [3.05, 3.63) is 17.8 Å². The number of nitrogens with one attached hydrogen (secondary N) is 1. The molecule has 0 bridgehead atoms. The number of pyridine rings is 1. The molecule has 0 atom stereocenters. The molecule has 0 unspecified atom stereocenters. The number of aryl methyl sites for hydroxylation is 1. The first-order valence-corrected chi connectivity index (χ1v) is 5.87. The SMILES string of the molecule is C#CCSCCNc1ccc(N)c(C)n1. The van der Waals surface area contributed by atoms with Gasteiger partial charge >= 0.3 is 0 Å². The van der Waals surface area contributed by atoms with Crippen LogP contribution in [-0.2, 0) is 0 Å². The fraction of sp³-hybridized carbons (Fsp3) is 0.364. The predicted molar refractivity (Wildman–Crippen MR) is 68.0 cm³/mol. The van der Waals surface area contributed by atoms with E-state index in [1.807, 2.05) is 19.1 Å². The third-order valence-corrected chi connectivity index (χ3v) is 2.73. The Bertz CT molecular complexity index is 357. The first-order chi connectivity index (χ1) is 7.24. The van der Waals surface area contributed by atoms with Crippen LogP contribution in [-0.4, -0.2) is 23.0 Å². The average Bonchev–Trinajstić information content (AvgIpc) is 2.23. The standard InChI is InChI=1S/C11H15N3S/c1-3-7-15-8-6-13-11-5-4-10(12)9(2)14-11/h1,4-5H,6-8,12H2,2H3,(H,13,14). The van der Waals surface area contributed by atoms with Gasteiger partial charge in [0.15, 0.2) is 0 Å². The second kappa shape index (κ2) is 6.20. The van der Waals surface area contributed by atoms with Gasteiger partial charge in [0.1, 0.15) is 5.82 Å². The molecule has 1 rings (SSSR count). The third kappa shape index (κ3) is 4.13. The minimum Gasteiger partial charge on any atom is -0.397 e. The Kier molecular flexibility index (Phi) is 4.85. The summed E-state index contributed by atoms with van der Waals surface area (Å²) in [6.45, 7) is 2.76. The van der Waals surface area contributed by atoms with Gasteiger partial charge in [-0.15, -0.1) is 18.2 Å². The molecule has 0 radical (unpaired) electrons. The van der Waals surface area contributed by atoms with Crippen LogP contribution in [0.1, 0.15) is 5.69 Å². The van der Waals surface area contributed by atoms with Crippen LogP contribution in [0.3, 0.4) is 0 Å². The van der Waals surface area contributed by atoms with Crippen molar-refractivity contribution in [3.8, 4) is 12.3 Å². The van der Waals surface area contributed by atoms with E-state index in [2.05, 4.69) is 16.2 Å². The van der Waals surface area contributed by atoms with Crippen LogP contribution in [0.4, 0.5) is 11.5 Å². The average molecular weight is 221 g/mol. The number of terminal acetylenes is 1. The molecule has 0 aliphatic rings. The summed E-state index contributed by atoms with van der Waals surface area (Å²) >= 11 is 1.73. The molecule has 0 amide bonds. The summed E-state index contributed by atoms with van der Waals surface area (Å²) in [4.78, 5) is 4.30. The summed E-state index contributed by atoms with van der Waals surface area (Å²) in [7, 11) is 0. The minimum absolute atomic E-state index is 0.724. The van der Waals surface area contributed by atoms with Gasteiger partial charge in [0, 0.05) is 12.3 Å².